The fourth-order valence-electron chi connectivity index (χ4n) is 5.30. The predicted molar refractivity (Wildman–Crippen MR) is 137 cm³/mol. The minimum Gasteiger partial charge on any atom is -0.303 e. The number of thiophene rings is 1. The van der Waals surface area contributed by atoms with E-state index in [1.54, 1.807) is 24.5 Å². The summed E-state index contributed by atoms with van der Waals surface area (Å²) in [5.74, 6) is 0.0582. The SMILES string of the molecule is CN1C(=N)CCC[C@](C)(c2cc(-c3cc(F)cc(C#N)c3)cs2)C(c2ccc(C3CC3)cc2)C1=O. The van der Waals surface area contributed by atoms with Gasteiger partial charge in [0.1, 0.15) is 11.7 Å². The molecule has 2 fully saturated rings. The van der Waals surface area contributed by atoms with Gasteiger partial charge in [-0.15, -0.1) is 11.3 Å². The second kappa shape index (κ2) is 9.05. The lowest BCUT2D eigenvalue weighted by atomic mass is 9.67. The normalized spacial score (nSPS) is 23.0. The van der Waals surface area contributed by atoms with E-state index in [0.29, 0.717) is 23.7 Å². The molecule has 1 aliphatic heterocycles. The number of likely N-dealkylation sites (N-methyl/N-ethyl adjacent to an activating group) is 1. The van der Waals surface area contributed by atoms with Crippen molar-refractivity contribution < 1.29 is 9.18 Å². The number of hydrogen-bond acceptors (Lipinski definition) is 4. The van der Waals surface area contributed by atoms with Gasteiger partial charge in [0, 0.05) is 23.8 Å². The Morgan fingerprint density at radius 1 is 1.11 bits per heavy atom. The molecule has 4 nitrogen and oxygen atoms in total. The predicted octanol–water partition coefficient (Wildman–Crippen LogP) is 6.96. The van der Waals surface area contributed by atoms with Crippen molar-refractivity contribution in [3.8, 4) is 17.2 Å². The molecule has 1 saturated heterocycles. The zero-order valence-electron chi connectivity index (χ0n) is 20.0. The lowest BCUT2D eigenvalue weighted by Gasteiger charge is -2.40. The van der Waals surface area contributed by atoms with E-state index in [4.69, 9.17) is 5.41 Å². The summed E-state index contributed by atoms with van der Waals surface area (Å²) in [6.07, 6.45) is 4.57. The molecule has 2 atom stereocenters. The minimum atomic E-state index is -0.485. The Hall–Kier alpha value is -3.30. The van der Waals surface area contributed by atoms with Crippen LogP contribution in [0, 0.1) is 22.6 Å². The van der Waals surface area contributed by atoms with E-state index in [-0.39, 0.29) is 11.5 Å². The molecule has 1 amide bonds. The van der Waals surface area contributed by atoms with Gasteiger partial charge in [-0.2, -0.15) is 5.26 Å². The average molecular weight is 486 g/mol. The second-order valence-corrected chi connectivity index (χ2v) is 10.9. The van der Waals surface area contributed by atoms with Crippen LogP contribution in [0.2, 0.25) is 0 Å². The van der Waals surface area contributed by atoms with Crippen LogP contribution >= 0.6 is 11.3 Å². The van der Waals surface area contributed by atoms with Gasteiger partial charge in [-0.3, -0.25) is 10.2 Å². The number of nitriles is 1. The molecule has 2 aliphatic rings. The van der Waals surface area contributed by atoms with Gasteiger partial charge in [-0.25, -0.2) is 4.39 Å². The van der Waals surface area contributed by atoms with Gasteiger partial charge in [0.05, 0.1) is 17.6 Å². The fourth-order valence-corrected chi connectivity index (χ4v) is 6.44. The first kappa shape index (κ1) is 23.4. The highest BCUT2D eigenvalue weighted by atomic mass is 32.1. The highest BCUT2D eigenvalue weighted by Crippen LogP contribution is 2.49. The number of nitrogens with one attached hydrogen (secondary N) is 1. The Balaban J connectivity index is 1.59. The number of halogens is 1. The van der Waals surface area contributed by atoms with Gasteiger partial charge in [-0.05, 0) is 83.5 Å². The topological polar surface area (TPSA) is 68.0 Å². The van der Waals surface area contributed by atoms with Crippen molar-refractivity contribution >= 4 is 23.1 Å². The Morgan fingerprint density at radius 3 is 2.51 bits per heavy atom. The molecule has 1 saturated carbocycles. The van der Waals surface area contributed by atoms with E-state index in [9.17, 15) is 14.4 Å². The monoisotopic (exact) mass is 485 g/mol. The molecule has 35 heavy (non-hydrogen) atoms. The molecule has 3 aromatic rings. The minimum absolute atomic E-state index is 0.0659. The molecule has 1 aromatic heterocycles. The molecule has 178 valence electrons. The largest absolute Gasteiger partial charge is 0.303 e. The van der Waals surface area contributed by atoms with Crippen LogP contribution in [-0.2, 0) is 10.2 Å². The van der Waals surface area contributed by atoms with E-state index in [1.165, 1.54) is 35.4 Å². The summed E-state index contributed by atoms with van der Waals surface area (Å²) < 4.78 is 14.1. The average Bonchev–Trinajstić information content (AvgIpc) is 3.58. The van der Waals surface area contributed by atoms with Gasteiger partial charge in [-0.1, -0.05) is 31.2 Å². The van der Waals surface area contributed by atoms with Crippen LogP contribution in [0.1, 0.15) is 72.4 Å². The third kappa shape index (κ3) is 4.41. The molecule has 2 heterocycles. The van der Waals surface area contributed by atoms with Crippen LogP contribution < -0.4 is 0 Å². The van der Waals surface area contributed by atoms with Crippen molar-refractivity contribution in [2.45, 2.75) is 56.3 Å². The maximum atomic E-state index is 14.1. The van der Waals surface area contributed by atoms with Gasteiger partial charge in [0.2, 0.25) is 5.91 Å². The molecular weight excluding hydrogens is 457 g/mol. The summed E-state index contributed by atoms with van der Waals surface area (Å²) in [4.78, 5) is 16.4. The molecular formula is C29H28FN3OS. The first-order valence-corrected chi connectivity index (χ1v) is 12.9. The molecule has 1 N–H and O–H groups in total. The van der Waals surface area contributed by atoms with E-state index < -0.39 is 17.2 Å². The molecule has 1 unspecified atom stereocenters. The smallest absolute Gasteiger partial charge is 0.236 e. The zero-order valence-corrected chi connectivity index (χ0v) is 20.8. The number of amides is 1. The summed E-state index contributed by atoms with van der Waals surface area (Å²) in [5.41, 5.74) is 3.61. The fraction of sp³-hybridized carbons (Fsp3) is 0.345. The molecule has 1 aliphatic carbocycles. The van der Waals surface area contributed by atoms with E-state index >= 15 is 0 Å². The third-order valence-electron chi connectivity index (χ3n) is 7.57. The zero-order chi connectivity index (χ0) is 24.7. The van der Waals surface area contributed by atoms with E-state index in [1.807, 2.05) is 17.5 Å². The van der Waals surface area contributed by atoms with Crippen LogP contribution in [0.25, 0.3) is 11.1 Å². The molecule has 0 spiro atoms. The highest BCUT2D eigenvalue weighted by Gasteiger charge is 2.45. The number of hydrogen-bond donors (Lipinski definition) is 1. The molecule has 6 heteroatoms. The van der Waals surface area contributed by atoms with Crippen LogP contribution in [-0.4, -0.2) is 23.7 Å². The van der Waals surface area contributed by atoms with Crippen LogP contribution in [0.3, 0.4) is 0 Å². The van der Waals surface area contributed by atoms with E-state index in [2.05, 4.69) is 31.2 Å². The molecule has 5 rings (SSSR count). The number of carbonyl (C=O) groups is 1. The number of amidine groups is 1. The number of rotatable bonds is 4. The van der Waals surface area contributed by atoms with Gasteiger partial charge in [0.15, 0.2) is 0 Å². The summed E-state index contributed by atoms with van der Waals surface area (Å²) in [7, 11) is 1.71. The number of benzene rings is 2. The summed E-state index contributed by atoms with van der Waals surface area (Å²) >= 11 is 1.58. The van der Waals surface area contributed by atoms with Crippen molar-refractivity contribution in [1.29, 1.82) is 10.7 Å². The van der Waals surface area contributed by atoms with Crippen LogP contribution in [0.4, 0.5) is 4.39 Å². The van der Waals surface area contributed by atoms with E-state index in [0.717, 1.165) is 28.8 Å². The Kier molecular flexibility index (Phi) is 6.06. The summed E-state index contributed by atoms with van der Waals surface area (Å²) in [5, 5.41) is 19.6. The number of likely N-dealkylation sites (tertiary alicyclic amines) is 1. The van der Waals surface area contributed by atoms with Crippen molar-refractivity contribution in [2.75, 3.05) is 7.05 Å². The first-order valence-electron chi connectivity index (χ1n) is 12.0. The van der Waals surface area contributed by atoms with Crippen LogP contribution in [0.5, 0.6) is 0 Å². The lowest BCUT2D eigenvalue weighted by molar-refractivity contribution is -0.130. The van der Waals surface area contributed by atoms with Crippen LogP contribution in [0.15, 0.2) is 53.9 Å². The molecule has 0 bridgehead atoms. The second-order valence-electron chi connectivity index (χ2n) is 10.0. The standard InChI is InChI=1S/C29H28FN3OS/c1-29(25-15-23(17-35-25)22-12-18(16-31)13-24(30)14-22)11-3-4-26(32)33(2)28(34)27(29)21-9-7-20(8-10-21)19-5-6-19/h7-10,12-15,17,19,27,32H,3-6,11H2,1-2H3/t27?,29-/m1/s1. The first-order chi connectivity index (χ1) is 16.8. The van der Waals surface area contributed by atoms with Gasteiger partial charge >= 0.3 is 0 Å². The van der Waals surface area contributed by atoms with Crippen molar-refractivity contribution in [1.82, 2.24) is 4.90 Å². The van der Waals surface area contributed by atoms with Crippen molar-refractivity contribution in [3.63, 3.8) is 0 Å². The van der Waals surface area contributed by atoms with Crippen molar-refractivity contribution in [2.24, 2.45) is 0 Å². The van der Waals surface area contributed by atoms with Crippen molar-refractivity contribution in [3.05, 3.63) is 81.3 Å². The summed E-state index contributed by atoms with van der Waals surface area (Å²) in [6, 6.07) is 16.9. The Morgan fingerprint density at radius 2 is 1.83 bits per heavy atom. The third-order valence-corrected chi connectivity index (χ3v) is 8.78. The number of nitrogens with zero attached hydrogens (tertiary/aromatic N) is 2. The molecule has 2 aromatic carbocycles. The van der Waals surface area contributed by atoms with Gasteiger partial charge < -0.3 is 4.90 Å². The number of carbonyl (C=O) groups excluding carboxylic acids is 1. The maximum absolute atomic E-state index is 14.1. The maximum Gasteiger partial charge on any atom is 0.236 e. The quantitative estimate of drug-likeness (QED) is 0.434. The lowest BCUT2D eigenvalue weighted by Crippen LogP contribution is -2.46. The highest BCUT2D eigenvalue weighted by molar-refractivity contribution is 7.10. The van der Waals surface area contributed by atoms with Gasteiger partial charge in [0.25, 0.3) is 0 Å². The molecule has 0 radical (unpaired) electrons. The Labute approximate surface area is 209 Å². The Bertz CT molecular complexity index is 1330. The summed E-state index contributed by atoms with van der Waals surface area (Å²) in [6.45, 7) is 2.15.